The lowest BCUT2D eigenvalue weighted by Gasteiger charge is -2.08. The van der Waals surface area contributed by atoms with Crippen LogP contribution in [-0.4, -0.2) is 33.9 Å². The molecule has 1 fully saturated rings. The fraction of sp³-hybridized carbons (Fsp3) is 0.364. The van der Waals surface area contributed by atoms with Crippen LogP contribution in [0.3, 0.4) is 0 Å². The molecule has 6 nitrogen and oxygen atoms in total. The monoisotopic (exact) mass is 272 g/mol. The van der Waals surface area contributed by atoms with Gasteiger partial charge in [0.15, 0.2) is 6.10 Å². The maximum atomic E-state index is 11.8. The Morgan fingerprint density at radius 3 is 2.56 bits per heavy atom. The highest BCUT2D eigenvalue weighted by Crippen LogP contribution is 2.15. The van der Waals surface area contributed by atoms with Crippen molar-refractivity contribution in [1.29, 1.82) is 0 Å². The first-order valence-electron chi connectivity index (χ1n) is 5.27. The van der Waals surface area contributed by atoms with Crippen LogP contribution in [0.2, 0.25) is 0 Å². The number of carbonyl (C=O) groups excluding carboxylic acids is 1. The van der Waals surface area contributed by atoms with Gasteiger partial charge in [-0.05, 0) is 19.1 Å². The van der Waals surface area contributed by atoms with E-state index in [0.29, 0.717) is 0 Å². The van der Waals surface area contributed by atoms with E-state index in [-0.39, 0.29) is 18.1 Å². The molecule has 0 N–H and O–H groups in total. The zero-order chi connectivity index (χ0) is 13.2. The highest BCUT2D eigenvalue weighted by molar-refractivity contribution is 7.86. The summed E-state index contributed by atoms with van der Waals surface area (Å²) in [6.45, 7) is 1.61. The van der Waals surface area contributed by atoms with Crippen LogP contribution in [0.1, 0.15) is 5.56 Å². The first-order valence-corrected chi connectivity index (χ1v) is 6.68. The van der Waals surface area contributed by atoms with E-state index in [1.165, 1.54) is 12.1 Å². The summed E-state index contributed by atoms with van der Waals surface area (Å²) in [5.74, 6) is 0. The summed E-state index contributed by atoms with van der Waals surface area (Å²) in [6, 6.07) is 6.27. The Morgan fingerprint density at radius 2 is 2.00 bits per heavy atom. The summed E-state index contributed by atoms with van der Waals surface area (Å²) in [5, 5.41) is 0. The molecule has 1 atom stereocenters. The third-order valence-corrected chi connectivity index (χ3v) is 3.66. The Balaban J connectivity index is 1.99. The molecule has 1 aliphatic heterocycles. The van der Waals surface area contributed by atoms with Crippen molar-refractivity contribution >= 4 is 16.3 Å². The van der Waals surface area contributed by atoms with E-state index in [4.69, 9.17) is 4.18 Å². The van der Waals surface area contributed by atoms with Crippen LogP contribution in [0, 0.1) is 6.92 Å². The van der Waals surface area contributed by atoms with E-state index >= 15 is 0 Å². The molecule has 0 bridgehead atoms. The molecular formula is C11H12O6S. The minimum atomic E-state index is -3.83. The lowest BCUT2D eigenvalue weighted by atomic mass is 10.2. The minimum Gasteiger partial charge on any atom is -0.430 e. The van der Waals surface area contributed by atoms with Crippen LogP contribution in [0.15, 0.2) is 29.2 Å². The first-order chi connectivity index (χ1) is 8.47. The summed E-state index contributed by atoms with van der Waals surface area (Å²) in [5.41, 5.74) is 0.951. The average molecular weight is 272 g/mol. The van der Waals surface area contributed by atoms with Crippen molar-refractivity contribution in [1.82, 2.24) is 0 Å². The fourth-order valence-electron chi connectivity index (χ4n) is 1.39. The lowest BCUT2D eigenvalue weighted by molar-refractivity contribution is 0.0996. The van der Waals surface area contributed by atoms with Gasteiger partial charge in [-0.2, -0.15) is 8.42 Å². The zero-order valence-electron chi connectivity index (χ0n) is 9.66. The molecule has 18 heavy (non-hydrogen) atoms. The van der Waals surface area contributed by atoms with Crippen LogP contribution in [-0.2, 0) is 23.8 Å². The van der Waals surface area contributed by atoms with Gasteiger partial charge in [-0.3, -0.25) is 4.18 Å². The molecule has 0 amide bonds. The van der Waals surface area contributed by atoms with Gasteiger partial charge in [0, 0.05) is 0 Å². The Hall–Kier alpha value is -1.60. The summed E-state index contributed by atoms with van der Waals surface area (Å²) >= 11 is 0. The number of hydrogen-bond acceptors (Lipinski definition) is 6. The van der Waals surface area contributed by atoms with Gasteiger partial charge in [0.25, 0.3) is 10.1 Å². The molecule has 2 rings (SSSR count). The van der Waals surface area contributed by atoms with Gasteiger partial charge >= 0.3 is 6.16 Å². The summed E-state index contributed by atoms with van der Waals surface area (Å²) in [6.07, 6.45) is -1.49. The molecule has 1 aromatic rings. The molecule has 0 radical (unpaired) electrons. The highest BCUT2D eigenvalue weighted by atomic mass is 32.2. The summed E-state index contributed by atoms with van der Waals surface area (Å²) < 4.78 is 37.5. The van der Waals surface area contributed by atoms with Crippen LogP contribution < -0.4 is 0 Å². The van der Waals surface area contributed by atoms with Gasteiger partial charge in [0.2, 0.25) is 0 Å². The Labute approximate surface area is 105 Å². The van der Waals surface area contributed by atoms with Gasteiger partial charge in [-0.25, -0.2) is 4.79 Å². The number of rotatable bonds is 4. The zero-order valence-corrected chi connectivity index (χ0v) is 10.5. The maximum absolute atomic E-state index is 11.8. The molecular weight excluding hydrogens is 260 g/mol. The molecule has 1 aromatic carbocycles. The molecule has 1 unspecified atom stereocenters. The number of aryl methyl sites for hydroxylation is 1. The number of carbonyl (C=O) groups is 1. The third kappa shape index (κ3) is 2.99. The average Bonchev–Trinajstić information content (AvgIpc) is 2.73. The van der Waals surface area contributed by atoms with E-state index in [9.17, 15) is 13.2 Å². The molecule has 0 saturated carbocycles. The molecule has 0 spiro atoms. The van der Waals surface area contributed by atoms with Crippen molar-refractivity contribution in [2.24, 2.45) is 0 Å². The third-order valence-electron chi connectivity index (χ3n) is 2.37. The predicted octanol–water partition coefficient (Wildman–Crippen LogP) is 1.24. The number of benzene rings is 1. The van der Waals surface area contributed by atoms with Crippen LogP contribution in [0.5, 0.6) is 0 Å². The Kier molecular flexibility index (Phi) is 3.53. The van der Waals surface area contributed by atoms with Crippen molar-refractivity contribution in [2.75, 3.05) is 13.2 Å². The molecule has 0 aromatic heterocycles. The SMILES string of the molecule is Cc1ccc(S(=O)(=O)OCC2COC(=O)O2)cc1. The van der Waals surface area contributed by atoms with Gasteiger partial charge in [0.1, 0.15) is 13.2 Å². The van der Waals surface area contributed by atoms with E-state index in [0.717, 1.165) is 5.56 Å². The number of hydrogen-bond donors (Lipinski definition) is 0. The van der Waals surface area contributed by atoms with E-state index in [2.05, 4.69) is 9.47 Å². The normalized spacial score (nSPS) is 19.4. The van der Waals surface area contributed by atoms with Gasteiger partial charge in [0.05, 0.1) is 4.90 Å². The van der Waals surface area contributed by atoms with Crippen LogP contribution >= 0.6 is 0 Å². The largest absolute Gasteiger partial charge is 0.508 e. The van der Waals surface area contributed by atoms with E-state index < -0.39 is 22.4 Å². The van der Waals surface area contributed by atoms with E-state index in [1.807, 2.05) is 6.92 Å². The van der Waals surface area contributed by atoms with Crippen molar-refractivity contribution in [3.05, 3.63) is 29.8 Å². The predicted molar refractivity (Wildman–Crippen MR) is 60.5 cm³/mol. The first kappa shape index (κ1) is 12.8. The second kappa shape index (κ2) is 4.95. The van der Waals surface area contributed by atoms with Gasteiger partial charge in [-0.15, -0.1) is 0 Å². The molecule has 98 valence electrons. The molecule has 7 heteroatoms. The van der Waals surface area contributed by atoms with E-state index in [1.54, 1.807) is 12.1 Å². The standard InChI is InChI=1S/C11H12O6S/c1-8-2-4-10(5-3-8)18(13,14)16-7-9-6-15-11(12)17-9/h2-5,9H,6-7H2,1H3. The topological polar surface area (TPSA) is 78.9 Å². The number of cyclic esters (lactones) is 2. The Morgan fingerprint density at radius 1 is 1.33 bits per heavy atom. The fourth-order valence-corrected chi connectivity index (χ4v) is 2.32. The van der Waals surface area contributed by atoms with Gasteiger partial charge in [-0.1, -0.05) is 17.7 Å². The summed E-state index contributed by atoms with van der Waals surface area (Å²) in [4.78, 5) is 10.7. The second-order valence-corrected chi connectivity index (χ2v) is 5.47. The van der Waals surface area contributed by atoms with Crippen molar-refractivity contribution in [3.8, 4) is 0 Å². The van der Waals surface area contributed by atoms with Crippen molar-refractivity contribution in [3.63, 3.8) is 0 Å². The lowest BCUT2D eigenvalue weighted by Crippen LogP contribution is -2.21. The van der Waals surface area contributed by atoms with Crippen molar-refractivity contribution in [2.45, 2.75) is 17.9 Å². The minimum absolute atomic E-state index is 0.00223. The highest BCUT2D eigenvalue weighted by Gasteiger charge is 2.27. The Bertz CT molecular complexity index is 533. The molecule has 0 aliphatic carbocycles. The molecule has 1 saturated heterocycles. The molecule has 1 heterocycles. The van der Waals surface area contributed by atoms with Crippen molar-refractivity contribution < 1.29 is 26.9 Å². The smallest absolute Gasteiger partial charge is 0.430 e. The maximum Gasteiger partial charge on any atom is 0.508 e. The van der Waals surface area contributed by atoms with Gasteiger partial charge < -0.3 is 9.47 Å². The van der Waals surface area contributed by atoms with Crippen LogP contribution in [0.4, 0.5) is 4.79 Å². The second-order valence-electron chi connectivity index (χ2n) is 3.85. The quantitative estimate of drug-likeness (QED) is 0.606. The van der Waals surface area contributed by atoms with Crippen LogP contribution in [0.25, 0.3) is 0 Å². The number of ether oxygens (including phenoxy) is 2. The summed E-state index contributed by atoms with van der Waals surface area (Å²) in [7, 11) is -3.83. The molecule has 1 aliphatic rings.